The highest BCUT2D eigenvalue weighted by Crippen LogP contribution is 2.26. The second kappa shape index (κ2) is 5.39. The zero-order valence-electron chi connectivity index (χ0n) is 10.1. The van der Waals surface area contributed by atoms with Crippen LogP contribution in [0.15, 0.2) is 29.3 Å². The molecule has 1 heterocycles. The molecule has 6 nitrogen and oxygen atoms in total. The largest absolute Gasteiger partial charge is 0.545 e. The van der Waals surface area contributed by atoms with Gasteiger partial charge in [0, 0.05) is 11.1 Å². The van der Waals surface area contributed by atoms with Crippen LogP contribution in [0.25, 0.3) is 0 Å². The Kier molecular flexibility index (Phi) is 3.98. The predicted octanol–water partition coefficient (Wildman–Crippen LogP) is 1.27. The number of thiazole rings is 1. The molecule has 0 saturated heterocycles. The average Bonchev–Trinajstić information content (AvgIpc) is 2.73. The number of rotatable bonds is 4. The molecule has 0 amide bonds. The maximum Gasteiger partial charge on any atom is 0.265 e. The van der Waals surface area contributed by atoms with E-state index in [4.69, 9.17) is 11.6 Å². The van der Waals surface area contributed by atoms with Gasteiger partial charge >= 0.3 is 0 Å². The number of sulfonamides is 1. The maximum absolute atomic E-state index is 12.2. The number of benzene rings is 1. The number of aryl methyl sites for hydroxylation is 1. The third-order valence-corrected chi connectivity index (χ3v) is 5.08. The van der Waals surface area contributed by atoms with Gasteiger partial charge < -0.3 is 9.90 Å². The van der Waals surface area contributed by atoms with Gasteiger partial charge in [-0.25, -0.2) is 13.4 Å². The Bertz CT molecular complexity index is 770. The third kappa shape index (κ3) is 3.09. The van der Waals surface area contributed by atoms with Crippen LogP contribution in [-0.4, -0.2) is 19.4 Å². The molecule has 0 aliphatic rings. The summed E-state index contributed by atoms with van der Waals surface area (Å²) in [7, 11) is -4.01. The summed E-state index contributed by atoms with van der Waals surface area (Å²) < 4.78 is 26.6. The molecule has 1 aromatic carbocycles. The van der Waals surface area contributed by atoms with E-state index in [2.05, 4.69) is 9.71 Å². The summed E-state index contributed by atoms with van der Waals surface area (Å²) in [5.74, 6) is -1.48. The first-order valence-corrected chi connectivity index (χ1v) is 7.93. The van der Waals surface area contributed by atoms with Crippen LogP contribution in [0.3, 0.4) is 0 Å². The van der Waals surface area contributed by atoms with Crippen molar-refractivity contribution in [2.75, 3.05) is 4.72 Å². The highest BCUT2D eigenvalue weighted by atomic mass is 35.5. The fourth-order valence-electron chi connectivity index (χ4n) is 1.41. The Morgan fingerprint density at radius 2 is 2.15 bits per heavy atom. The van der Waals surface area contributed by atoms with Gasteiger partial charge in [0.05, 0.1) is 11.0 Å². The van der Waals surface area contributed by atoms with Crippen LogP contribution in [0.4, 0.5) is 5.13 Å². The maximum atomic E-state index is 12.2. The van der Waals surface area contributed by atoms with Crippen molar-refractivity contribution in [2.24, 2.45) is 0 Å². The molecule has 106 valence electrons. The van der Waals surface area contributed by atoms with Gasteiger partial charge in [0.1, 0.15) is 4.90 Å². The number of hydrogen-bond donors (Lipinski definition) is 1. The van der Waals surface area contributed by atoms with E-state index in [1.54, 1.807) is 6.92 Å². The standard InChI is InChI=1S/C11H9ClN2O4S2/c1-6-5-13-11(19-6)14-20(17,18)9-4-7(10(15)16)2-3-8(9)12/h2-5H,1H3,(H,13,14)(H,15,16)/p-1. The summed E-state index contributed by atoms with van der Waals surface area (Å²) in [6, 6.07) is 3.30. The summed E-state index contributed by atoms with van der Waals surface area (Å²) in [4.78, 5) is 15.1. The minimum absolute atomic E-state index is 0.0872. The lowest BCUT2D eigenvalue weighted by atomic mass is 10.2. The molecule has 0 saturated carbocycles. The highest BCUT2D eigenvalue weighted by Gasteiger charge is 2.20. The lowest BCUT2D eigenvalue weighted by molar-refractivity contribution is -0.255. The summed E-state index contributed by atoms with van der Waals surface area (Å²) in [5.41, 5.74) is -0.273. The fraction of sp³-hybridized carbons (Fsp3) is 0.0909. The number of nitrogens with one attached hydrogen (secondary N) is 1. The molecule has 2 rings (SSSR count). The van der Waals surface area contributed by atoms with Crippen molar-refractivity contribution in [3.8, 4) is 0 Å². The molecule has 20 heavy (non-hydrogen) atoms. The molecule has 0 aliphatic heterocycles. The van der Waals surface area contributed by atoms with Crippen LogP contribution in [0.5, 0.6) is 0 Å². The van der Waals surface area contributed by atoms with Gasteiger partial charge in [-0.1, -0.05) is 17.7 Å². The van der Waals surface area contributed by atoms with Gasteiger partial charge in [-0.15, -0.1) is 11.3 Å². The number of carboxylic acids is 1. The molecule has 1 aromatic heterocycles. The number of hydrogen-bond acceptors (Lipinski definition) is 6. The van der Waals surface area contributed by atoms with Gasteiger partial charge in [-0.05, 0) is 24.6 Å². The van der Waals surface area contributed by atoms with Crippen molar-refractivity contribution < 1.29 is 18.3 Å². The Hall–Kier alpha value is -1.64. The van der Waals surface area contributed by atoms with E-state index in [1.807, 2.05) is 0 Å². The van der Waals surface area contributed by atoms with Gasteiger partial charge in [-0.2, -0.15) is 0 Å². The summed E-state index contributed by atoms with van der Waals surface area (Å²) in [6.45, 7) is 1.78. The minimum Gasteiger partial charge on any atom is -0.545 e. The summed E-state index contributed by atoms with van der Waals surface area (Å²) in [5, 5.41) is 10.9. The molecule has 0 unspecified atom stereocenters. The van der Waals surface area contributed by atoms with Crippen LogP contribution in [0.1, 0.15) is 15.2 Å². The van der Waals surface area contributed by atoms with Crippen LogP contribution in [0.2, 0.25) is 5.02 Å². The van der Waals surface area contributed by atoms with Crippen molar-refractivity contribution in [3.63, 3.8) is 0 Å². The van der Waals surface area contributed by atoms with Gasteiger partial charge in [0.15, 0.2) is 5.13 Å². The number of carbonyl (C=O) groups is 1. The van der Waals surface area contributed by atoms with Gasteiger partial charge in [0.2, 0.25) is 0 Å². The number of anilines is 1. The van der Waals surface area contributed by atoms with E-state index >= 15 is 0 Å². The molecule has 0 spiro atoms. The van der Waals surface area contributed by atoms with Crippen molar-refractivity contribution in [2.45, 2.75) is 11.8 Å². The van der Waals surface area contributed by atoms with Crippen LogP contribution < -0.4 is 9.83 Å². The summed E-state index contributed by atoms with van der Waals surface area (Å²) >= 11 is 6.96. The zero-order chi connectivity index (χ0) is 14.9. The van der Waals surface area contributed by atoms with Crippen LogP contribution in [-0.2, 0) is 10.0 Å². The number of aromatic nitrogens is 1. The van der Waals surface area contributed by atoms with Crippen molar-refractivity contribution >= 4 is 44.1 Å². The van der Waals surface area contributed by atoms with E-state index in [-0.39, 0.29) is 20.6 Å². The SMILES string of the molecule is Cc1cnc(NS(=O)(=O)c2cc(C(=O)[O-])ccc2Cl)s1. The normalized spacial score (nSPS) is 11.3. The summed E-state index contributed by atoms with van der Waals surface area (Å²) in [6.07, 6.45) is 1.52. The molecule has 0 fully saturated rings. The quantitative estimate of drug-likeness (QED) is 0.909. The first kappa shape index (κ1) is 14.8. The first-order chi connectivity index (χ1) is 9.29. The smallest absolute Gasteiger partial charge is 0.265 e. The van der Waals surface area contributed by atoms with E-state index in [9.17, 15) is 18.3 Å². The second-order valence-corrected chi connectivity index (χ2v) is 7.11. The molecular formula is C11H8ClN2O4S2-. The van der Waals surface area contributed by atoms with E-state index in [1.165, 1.54) is 18.3 Å². The molecule has 1 N–H and O–H groups in total. The number of carboxylic acid groups (broad SMARTS) is 1. The van der Waals surface area contributed by atoms with Gasteiger partial charge in [0.25, 0.3) is 10.0 Å². The average molecular weight is 332 g/mol. The number of nitrogens with zero attached hydrogens (tertiary/aromatic N) is 1. The van der Waals surface area contributed by atoms with E-state index in [0.29, 0.717) is 0 Å². The third-order valence-electron chi connectivity index (χ3n) is 2.30. The topological polar surface area (TPSA) is 99.2 Å². The Labute approximate surface area is 124 Å². The Balaban J connectivity index is 2.43. The molecule has 0 bridgehead atoms. The van der Waals surface area contributed by atoms with E-state index in [0.717, 1.165) is 22.3 Å². The zero-order valence-corrected chi connectivity index (χ0v) is 12.5. The Morgan fingerprint density at radius 3 is 2.70 bits per heavy atom. The predicted molar refractivity (Wildman–Crippen MR) is 73.4 cm³/mol. The van der Waals surface area contributed by atoms with Gasteiger partial charge in [-0.3, -0.25) is 4.72 Å². The molecule has 0 radical (unpaired) electrons. The van der Waals surface area contributed by atoms with E-state index < -0.39 is 16.0 Å². The Morgan fingerprint density at radius 1 is 1.45 bits per heavy atom. The van der Waals surface area contributed by atoms with Crippen molar-refractivity contribution in [1.29, 1.82) is 0 Å². The highest BCUT2D eigenvalue weighted by molar-refractivity contribution is 7.93. The number of aromatic carboxylic acids is 1. The second-order valence-electron chi connectivity index (χ2n) is 3.81. The lowest BCUT2D eigenvalue weighted by Crippen LogP contribution is -2.23. The lowest BCUT2D eigenvalue weighted by Gasteiger charge is -2.09. The van der Waals surface area contributed by atoms with Crippen LogP contribution >= 0.6 is 22.9 Å². The molecule has 0 atom stereocenters. The van der Waals surface area contributed by atoms with Crippen molar-refractivity contribution in [1.82, 2.24) is 4.98 Å². The van der Waals surface area contributed by atoms with Crippen molar-refractivity contribution in [3.05, 3.63) is 39.9 Å². The monoisotopic (exact) mass is 331 g/mol. The van der Waals surface area contributed by atoms with Crippen LogP contribution in [0, 0.1) is 6.92 Å². The fourth-order valence-corrected chi connectivity index (χ4v) is 3.84. The first-order valence-electron chi connectivity index (χ1n) is 5.26. The molecule has 0 aliphatic carbocycles. The number of halogens is 1. The minimum atomic E-state index is -4.01. The number of carbonyl (C=O) groups excluding carboxylic acids is 1. The molecule has 2 aromatic rings. The molecular weight excluding hydrogens is 324 g/mol. The molecule has 9 heteroatoms.